The van der Waals surface area contributed by atoms with E-state index in [0.29, 0.717) is 18.7 Å². The summed E-state index contributed by atoms with van der Waals surface area (Å²) in [6.45, 7) is 4.38. The van der Waals surface area contributed by atoms with Crippen LogP contribution in [0.25, 0.3) is 0 Å². The van der Waals surface area contributed by atoms with Crippen molar-refractivity contribution in [2.75, 3.05) is 21.9 Å². The van der Waals surface area contributed by atoms with Crippen molar-refractivity contribution in [1.82, 2.24) is 0 Å². The van der Waals surface area contributed by atoms with Crippen molar-refractivity contribution in [2.45, 2.75) is 26.3 Å². The molecule has 1 heterocycles. The number of sulfonamides is 1. The molecular formula is C18H21FN2O2S. The van der Waals surface area contributed by atoms with Crippen molar-refractivity contribution < 1.29 is 12.8 Å². The largest absolute Gasteiger partial charge is 0.378 e. The number of benzene rings is 2. The highest BCUT2D eigenvalue weighted by Gasteiger charge is 2.30. The fourth-order valence-electron chi connectivity index (χ4n) is 2.98. The van der Waals surface area contributed by atoms with Gasteiger partial charge in [-0.1, -0.05) is 29.8 Å². The van der Waals surface area contributed by atoms with Crippen LogP contribution in [0.2, 0.25) is 0 Å². The first-order valence-electron chi connectivity index (χ1n) is 8.00. The molecule has 0 saturated carbocycles. The van der Waals surface area contributed by atoms with E-state index < -0.39 is 15.8 Å². The average Bonchev–Trinajstić information content (AvgIpc) is 2.88. The Morgan fingerprint density at radius 3 is 2.67 bits per heavy atom. The zero-order chi connectivity index (χ0) is 17.3. The molecule has 128 valence electrons. The summed E-state index contributed by atoms with van der Waals surface area (Å²) in [5.74, 6) is -0.446. The lowest BCUT2D eigenvalue weighted by molar-refractivity contribution is 0.595. The van der Waals surface area contributed by atoms with Gasteiger partial charge in [-0.05, 0) is 44.0 Å². The highest BCUT2D eigenvalue weighted by atomic mass is 32.2. The van der Waals surface area contributed by atoms with Crippen molar-refractivity contribution >= 4 is 21.4 Å². The summed E-state index contributed by atoms with van der Waals surface area (Å²) in [5.41, 5.74) is 3.11. The number of halogens is 1. The van der Waals surface area contributed by atoms with Crippen molar-refractivity contribution in [3.05, 3.63) is 59.4 Å². The maximum atomic E-state index is 14.1. The van der Waals surface area contributed by atoms with Crippen molar-refractivity contribution in [3.8, 4) is 0 Å². The van der Waals surface area contributed by atoms with E-state index in [1.54, 1.807) is 12.1 Å². The van der Waals surface area contributed by atoms with Crippen LogP contribution in [0.4, 0.5) is 15.8 Å². The van der Waals surface area contributed by atoms with Crippen LogP contribution in [0.3, 0.4) is 0 Å². The molecule has 1 saturated heterocycles. The van der Waals surface area contributed by atoms with Gasteiger partial charge in [0.15, 0.2) is 0 Å². The van der Waals surface area contributed by atoms with Crippen LogP contribution in [-0.4, -0.2) is 20.7 Å². The lowest BCUT2D eigenvalue weighted by atomic mass is 10.1. The van der Waals surface area contributed by atoms with Gasteiger partial charge in [0.1, 0.15) is 5.82 Å². The van der Waals surface area contributed by atoms with Gasteiger partial charge in [0, 0.05) is 18.3 Å². The van der Waals surface area contributed by atoms with Crippen LogP contribution in [-0.2, 0) is 10.0 Å². The van der Waals surface area contributed by atoms with Crippen LogP contribution < -0.4 is 9.62 Å². The number of nitrogens with one attached hydrogen (secondary N) is 1. The number of hydrogen-bond donors (Lipinski definition) is 1. The maximum absolute atomic E-state index is 14.1. The lowest BCUT2D eigenvalue weighted by Gasteiger charge is -2.21. The van der Waals surface area contributed by atoms with Crippen molar-refractivity contribution in [1.29, 1.82) is 0 Å². The molecule has 2 aromatic carbocycles. The third-order valence-electron chi connectivity index (χ3n) is 4.24. The Morgan fingerprint density at radius 2 is 2.00 bits per heavy atom. The van der Waals surface area contributed by atoms with E-state index in [2.05, 4.69) is 11.4 Å². The molecule has 6 heteroatoms. The van der Waals surface area contributed by atoms with Crippen molar-refractivity contribution in [2.24, 2.45) is 0 Å². The third kappa shape index (κ3) is 3.38. The van der Waals surface area contributed by atoms with Crippen LogP contribution in [0.5, 0.6) is 0 Å². The van der Waals surface area contributed by atoms with E-state index in [9.17, 15) is 12.8 Å². The first-order chi connectivity index (χ1) is 11.4. The Morgan fingerprint density at radius 1 is 1.21 bits per heavy atom. The summed E-state index contributed by atoms with van der Waals surface area (Å²) in [4.78, 5) is 0. The molecule has 1 fully saturated rings. The molecule has 4 nitrogen and oxygen atoms in total. The number of nitrogens with zero attached hydrogens (tertiary/aromatic N) is 1. The minimum absolute atomic E-state index is 0.0263. The van der Waals surface area contributed by atoms with E-state index in [4.69, 9.17) is 0 Å². The van der Waals surface area contributed by atoms with Gasteiger partial charge in [-0.25, -0.2) is 12.8 Å². The van der Waals surface area contributed by atoms with Gasteiger partial charge in [-0.3, -0.25) is 4.31 Å². The summed E-state index contributed by atoms with van der Waals surface area (Å²) in [7, 11) is -3.40. The first kappa shape index (κ1) is 16.8. The van der Waals surface area contributed by atoms with Crippen molar-refractivity contribution in [3.63, 3.8) is 0 Å². The fraction of sp³-hybridized carbons (Fsp3) is 0.333. The second-order valence-corrected chi connectivity index (χ2v) is 8.20. The van der Waals surface area contributed by atoms with E-state index in [1.165, 1.54) is 15.9 Å². The minimum atomic E-state index is -3.40. The molecule has 0 amide bonds. The van der Waals surface area contributed by atoms with Gasteiger partial charge in [0.2, 0.25) is 10.0 Å². The molecule has 0 spiro atoms. The predicted octanol–water partition coefficient (Wildman–Crippen LogP) is 3.85. The van der Waals surface area contributed by atoms with Gasteiger partial charge in [-0.15, -0.1) is 0 Å². The highest BCUT2D eigenvalue weighted by molar-refractivity contribution is 7.93. The maximum Gasteiger partial charge on any atom is 0.235 e. The normalized spacial score (nSPS) is 17.7. The molecule has 24 heavy (non-hydrogen) atoms. The summed E-state index contributed by atoms with van der Waals surface area (Å²) >= 11 is 0. The monoisotopic (exact) mass is 348 g/mol. The minimum Gasteiger partial charge on any atom is -0.378 e. The van der Waals surface area contributed by atoms with Crippen LogP contribution in [0.1, 0.15) is 30.5 Å². The predicted molar refractivity (Wildman–Crippen MR) is 95.4 cm³/mol. The van der Waals surface area contributed by atoms with Gasteiger partial charge >= 0.3 is 0 Å². The SMILES string of the molecule is Cc1cccc(C(C)Nc2ccc(F)c(N3CCCS3(=O)=O)c2)c1. The van der Waals surface area contributed by atoms with E-state index in [-0.39, 0.29) is 17.5 Å². The topological polar surface area (TPSA) is 49.4 Å². The number of aryl methyl sites for hydroxylation is 1. The number of anilines is 2. The molecule has 1 N–H and O–H groups in total. The molecule has 0 bridgehead atoms. The van der Waals surface area contributed by atoms with Crippen LogP contribution >= 0.6 is 0 Å². The Balaban J connectivity index is 1.86. The molecule has 0 aliphatic carbocycles. The highest BCUT2D eigenvalue weighted by Crippen LogP contribution is 2.30. The smallest absolute Gasteiger partial charge is 0.235 e. The molecule has 1 aliphatic rings. The van der Waals surface area contributed by atoms with Gasteiger partial charge in [0.25, 0.3) is 0 Å². The summed E-state index contributed by atoms with van der Waals surface area (Å²) in [6, 6.07) is 12.7. The van der Waals surface area contributed by atoms with Gasteiger partial charge in [-0.2, -0.15) is 0 Å². The second kappa shape index (κ2) is 6.43. The van der Waals surface area contributed by atoms with Crippen LogP contribution in [0, 0.1) is 12.7 Å². The Hall–Kier alpha value is -2.08. The summed E-state index contributed by atoms with van der Waals surface area (Å²) in [5, 5.41) is 3.32. The lowest BCUT2D eigenvalue weighted by Crippen LogP contribution is -2.26. The Bertz CT molecular complexity index is 852. The molecule has 1 aliphatic heterocycles. The van der Waals surface area contributed by atoms with Gasteiger partial charge in [0.05, 0.1) is 11.4 Å². The van der Waals surface area contributed by atoms with E-state index in [1.807, 2.05) is 32.0 Å². The second-order valence-electron chi connectivity index (χ2n) is 6.19. The quantitative estimate of drug-likeness (QED) is 0.913. The molecule has 3 rings (SSSR count). The number of hydrogen-bond acceptors (Lipinski definition) is 3. The molecular weight excluding hydrogens is 327 g/mol. The molecule has 1 atom stereocenters. The summed E-state index contributed by atoms with van der Waals surface area (Å²) in [6.07, 6.45) is 0.527. The molecule has 0 radical (unpaired) electrons. The standard InChI is InChI=1S/C18H21FN2O2S/c1-13-5-3-6-15(11-13)14(2)20-16-7-8-17(19)18(12-16)21-9-4-10-24(21,22)23/h3,5-8,11-12,14,20H,4,9-10H2,1-2H3. The first-order valence-corrected chi connectivity index (χ1v) is 9.61. The number of rotatable bonds is 4. The van der Waals surface area contributed by atoms with E-state index >= 15 is 0 Å². The third-order valence-corrected chi connectivity index (χ3v) is 6.09. The zero-order valence-corrected chi connectivity index (χ0v) is 14.6. The summed E-state index contributed by atoms with van der Waals surface area (Å²) < 4.78 is 39.4. The van der Waals surface area contributed by atoms with Crippen LogP contribution in [0.15, 0.2) is 42.5 Å². The Kier molecular flexibility index (Phi) is 4.49. The molecule has 2 aromatic rings. The Labute approximate surface area is 142 Å². The molecule has 0 aromatic heterocycles. The molecule has 1 unspecified atom stereocenters. The average molecular weight is 348 g/mol. The fourth-order valence-corrected chi connectivity index (χ4v) is 4.54. The van der Waals surface area contributed by atoms with E-state index in [0.717, 1.165) is 5.56 Å². The zero-order valence-electron chi connectivity index (χ0n) is 13.8. The van der Waals surface area contributed by atoms with Gasteiger partial charge < -0.3 is 5.32 Å².